The minimum atomic E-state index is -4.87. The van der Waals surface area contributed by atoms with Crippen LogP contribution in [0.3, 0.4) is 0 Å². The van der Waals surface area contributed by atoms with E-state index in [0.717, 1.165) is 14.2 Å². The van der Waals surface area contributed by atoms with E-state index in [-0.39, 0.29) is 6.07 Å². The maximum absolute atomic E-state index is 12.7. The summed E-state index contributed by atoms with van der Waals surface area (Å²) in [5.74, 6) is -2.28. The molecule has 1 aromatic rings. The van der Waals surface area contributed by atoms with E-state index in [0.29, 0.717) is 11.3 Å². The van der Waals surface area contributed by atoms with E-state index >= 15 is 0 Å². The molecule has 1 heterocycles. The van der Waals surface area contributed by atoms with Gasteiger partial charge >= 0.3 is 6.18 Å². The van der Waals surface area contributed by atoms with Crippen molar-refractivity contribution in [1.82, 2.24) is 10.0 Å². The zero-order valence-electron chi connectivity index (χ0n) is 8.88. The predicted molar refractivity (Wildman–Crippen MR) is 48.3 cm³/mol. The number of hydrogen-bond acceptors (Lipinski definition) is 3. The molecule has 0 atom stereocenters. The van der Waals surface area contributed by atoms with E-state index in [1.165, 1.54) is 0 Å². The van der Waals surface area contributed by atoms with Crippen molar-refractivity contribution < 1.29 is 27.2 Å². The first-order valence-electron chi connectivity index (χ1n) is 4.32. The average Bonchev–Trinajstić information content (AvgIpc) is 2.25. The summed E-state index contributed by atoms with van der Waals surface area (Å²) in [4.78, 5) is 19.1. The third-order valence-corrected chi connectivity index (χ3v) is 1.92. The highest BCUT2D eigenvalue weighted by Gasteiger charge is 2.37. The Hall–Kier alpha value is -1.70. The van der Waals surface area contributed by atoms with Gasteiger partial charge < -0.3 is 0 Å². The third kappa shape index (κ3) is 2.90. The Bertz CT molecular complexity index is 433. The lowest BCUT2D eigenvalue weighted by Crippen LogP contribution is -2.29. The number of carbonyl (C=O) groups excluding carboxylic acids is 1. The fourth-order valence-electron chi connectivity index (χ4n) is 1.06. The van der Waals surface area contributed by atoms with Crippen LogP contribution >= 0.6 is 0 Å². The molecule has 17 heavy (non-hydrogen) atoms. The highest BCUT2D eigenvalue weighted by atomic mass is 19.4. The molecule has 0 aliphatic heterocycles. The molecule has 0 N–H and O–H groups in total. The molecule has 1 aromatic heterocycles. The van der Waals surface area contributed by atoms with Crippen LogP contribution in [0.4, 0.5) is 17.6 Å². The van der Waals surface area contributed by atoms with E-state index in [2.05, 4.69) is 9.82 Å². The van der Waals surface area contributed by atoms with Gasteiger partial charge in [-0.25, -0.2) is 14.4 Å². The largest absolute Gasteiger partial charge is 0.418 e. The van der Waals surface area contributed by atoms with Gasteiger partial charge in [-0.05, 0) is 6.07 Å². The van der Waals surface area contributed by atoms with Crippen LogP contribution in [0.5, 0.6) is 0 Å². The van der Waals surface area contributed by atoms with Gasteiger partial charge in [0.05, 0.1) is 18.9 Å². The van der Waals surface area contributed by atoms with E-state index in [1.807, 2.05) is 0 Å². The van der Waals surface area contributed by atoms with Gasteiger partial charge in [0.1, 0.15) is 11.5 Å². The Balaban J connectivity index is 3.29. The predicted octanol–water partition coefficient (Wildman–Crippen LogP) is 1.87. The molecule has 0 aliphatic carbocycles. The first-order chi connectivity index (χ1) is 7.77. The molecule has 1 rings (SSSR count). The van der Waals surface area contributed by atoms with Crippen LogP contribution in [-0.2, 0) is 11.0 Å². The minimum Gasteiger partial charge on any atom is -0.274 e. The van der Waals surface area contributed by atoms with Crippen LogP contribution in [0, 0.1) is 5.82 Å². The van der Waals surface area contributed by atoms with Crippen LogP contribution in [0.25, 0.3) is 0 Å². The summed E-state index contributed by atoms with van der Waals surface area (Å²) in [6, 6.07) is 0.212. The number of carbonyl (C=O) groups is 1. The van der Waals surface area contributed by atoms with Crippen molar-refractivity contribution in [3.05, 3.63) is 29.3 Å². The van der Waals surface area contributed by atoms with Gasteiger partial charge in [0, 0.05) is 7.05 Å². The first kappa shape index (κ1) is 13.4. The Labute approximate surface area is 93.8 Å². The molecule has 0 spiro atoms. The minimum absolute atomic E-state index is 0.212. The lowest BCUT2D eigenvalue weighted by molar-refractivity contribution is -0.139. The van der Waals surface area contributed by atoms with E-state index < -0.39 is 29.2 Å². The number of alkyl halides is 3. The molecular weight excluding hydrogens is 244 g/mol. The van der Waals surface area contributed by atoms with Gasteiger partial charge in [0.2, 0.25) is 0 Å². The summed E-state index contributed by atoms with van der Waals surface area (Å²) in [5.41, 5.74) is -2.35. The van der Waals surface area contributed by atoms with Gasteiger partial charge in [0.25, 0.3) is 5.91 Å². The molecule has 0 saturated carbocycles. The third-order valence-electron chi connectivity index (χ3n) is 1.92. The van der Waals surface area contributed by atoms with Crippen LogP contribution in [0.2, 0.25) is 0 Å². The lowest BCUT2D eigenvalue weighted by atomic mass is 10.1. The number of amides is 1. The average molecular weight is 252 g/mol. The van der Waals surface area contributed by atoms with Crippen LogP contribution < -0.4 is 0 Å². The Morgan fingerprint density at radius 1 is 1.47 bits per heavy atom. The van der Waals surface area contributed by atoms with Crippen molar-refractivity contribution in [2.45, 2.75) is 6.18 Å². The maximum Gasteiger partial charge on any atom is 0.418 e. The highest BCUT2D eigenvalue weighted by molar-refractivity contribution is 5.93. The topological polar surface area (TPSA) is 42.4 Å². The summed E-state index contributed by atoms with van der Waals surface area (Å²) in [6.45, 7) is 0. The molecule has 0 saturated heterocycles. The first-order valence-corrected chi connectivity index (χ1v) is 4.32. The van der Waals surface area contributed by atoms with Gasteiger partial charge in [0.15, 0.2) is 0 Å². The van der Waals surface area contributed by atoms with E-state index in [1.54, 1.807) is 0 Å². The van der Waals surface area contributed by atoms with Crippen LogP contribution in [-0.4, -0.2) is 30.1 Å². The van der Waals surface area contributed by atoms with Crippen molar-refractivity contribution in [3.8, 4) is 0 Å². The summed E-state index contributed by atoms with van der Waals surface area (Å²) in [7, 11) is 2.22. The second-order valence-corrected chi connectivity index (χ2v) is 3.03. The van der Waals surface area contributed by atoms with Crippen LogP contribution in [0.15, 0.2) is 12.3 Å². The number of hydroxylamine groups is 2. The Morgan fingerprint density at radius 3 is 2.53 bits per heavy atom. The molecule has 0 radical (unpaired) electrons. The number of halogens is 4. The molecular formula is C9H8F4N2O2. The fourth-order valence-corrected chi connectivity index (χ4v) is 1.06. The van der Waals surface area contributed by atoms with Crippen molar-refractivity contribution in [1.29, 1.82) is 0 Å². The number of pyridine rings is 1. The molecule has 1 amide bonds. The number of hydrogen-bond donors (Lipinski definition) is 0. The SMILES string of the molecule is CON(C)C(=O)c1ncc(F)cc1C(F)(F)F. The fraction of sp³-hybridized carbons (Fsp3) is 0.333. The summed E-state index contributed by atoms with van der Waals surface area (Å²) in [5, 5.41) is 0.565. The number of aromatic nitrogens is 1. The molecule has 0 fully saturated rings. The second-order valence-electron chi connectivity index (χ2n) is 3.03. The monoisotopic (exact) mass is 252 g/mol. The van der Waals surface area contributed by atoms with Gasteiger partial charge in [-0.3, -0.25) is 9.63 Å². The quantitative estimate of drug-likeness (QED) is 0.596. The van der Waals surface area contributed by atoms with Crippen molar-refractivity contribution in [2.24, 2.45) is 0 Å². The van der Waals surface area contributed by atoms with Crippen molar-refractivity contribution >= 4 is 5.91 Å². The molecule has 0 aliphatic rings. The second kappa shape index (κ2) is 4.66. The smallest absolute Gasteiger partial charge is 0.274 e. The van der Waals surface area contributed by atoms with Crippen molar-refractivity contribution in [2.75, 3.05) is 14.2 Å². The molecule has 8 heteroatoms. The number of nitrogens with zero attached hydrogens (tertiary/aromatic N) is 2. The molecule has 94 valence electrons. The summed E-state index contributed by atoms with van der Waals surface area (Å²) >= 11 is 0. The Morgan fingerprint density at radius 2 is 2.06 bits per heavy atom. The van der Waals surface area contributed by atoms with Gasteiger partial charge in [-0.15, -0.1) is 0 Å². The summed E-state index contributed by atoms with van der Waals surface area (Å²) < 4.78 is 50.3. The van der Waals surface area contributed by atoms with Gasteiger partial charge in [-0.2, -0.15) is 13.2 Å². The lowest BCUT2D eigenvalue weighted by Gasteiger charge is -2.16. The summed E-state index contributed by atoms with van der Waals surface area (Å²) in [6.07, 6.45) is -4.33. The van der Waals surface area contributed by atoms with E-state index in [4.69, 9.17) is 0 Å². The molecule has 4 nitrogen and oxygen atoms in total. The van der Waals surface area contributed by atoms with Crippen LogP contribution in [0.1, 0.15) is 16.1 Å². The zero-order valence-corrected chi connectivity index (χ0v) is 8.88. The molecule has 0 aromatic carbocycles. The standard InChI is InChI=1S/C9H8F4N2O2/c1-15(17-2)8(16)7-6(9(11,12)13)3-5(10)4-14-7/h3-4H,1-2H3. The maximum atomic E-state index is 12.7. The van der Waals surface area contributed by atoms with E-state index in [9.17, 15) is 22.4 Å². The number of rotatable bonds is 2. The normalized spacial score (nSPS) is 11.4. The molecule has 0 unspecified atom stereocenters. The van der Waals surface area contributed by atoms with Crippen molar-refractivity contribution in [3.63, 3.8) is 0 Å². The molecule has 0 bridgehead atoms. The highest BCUT2D eigenvalue weighted by Crippen LogP contribution is 2.31. The Kier molecular flexibility index (Phi) is 3.66. The van der Waals surface area contributed by atoms with Gasteiger partial charge in [-0.1, -0.05) is 0 Å². The zero-order chi connectivity index (χ0) is 13.2.